The van der Waals surface area contributed by atoms with Gasteiger partial charge < -0.3 is 10.2 Å². The number of anilines is 2. The molecule has 0 unspecified atom stereocenters. The van der Waals surface area contributed by atoms with Gasteiger partial charge in [-0.25, -0.2) is 9.97 Å². The number of fused-ring (bicyclic) bond motifs is 1. The lowest BCUT2D eigenvalue weighted by atomic mass is 10.1. The Balaban J connectivity index is 0.00000280. The zero-order valence-corrected chi connectivity index (χ0v) is 17.9. The van der Waals surface area contributed by atoms with Crippen LogP contribution in [0.25, 0.3) is 11.0 Å². The predicted molar refractivity (Wildman–Crippen MR) is 118 cm³/mol. The molecule has 6 heteroatoms. The van der Waals surface area contributed by atoms with E-state index in [0.717, 1.165) is 33.6 Å². The van der Waals surface area contributed by atoms with Crippen LogP contribution < -0.4 is 5.32 Å². The van der Waals surface area contributed by atoms with Crippen LogP contribution in [-0.4, -0.2) is 33.9 Å². The maximum absolute atomic E-state index is 13.1. The van der Waals surface area contributed by atoms with Gasteiger partial charge in [-0.05, 0) is 63.9 Å². The fraction of sp³-hybridized carbons (Fsp3) is 0.318. The van der Waals surface area contributed by atoms with Gasteiger partial charge in [-0.1, -0.05) is 12.1 Å². The lowest BCUT2D eigenvalue weighted by Gasteiger charge is -2.22. The molecule has 0 saturated heterocycles. The zero-order chi connectivity index (χ0) is 19.6. The number of hydrogen-bond acceptors (Lipinski definition) is 4. The molecule has 0 spiro atoms. The van der Waals surface area contributed by atoms with E-state index < -0.39 is 0 Å². The van der Waals surface area contributed by atoms with E-state index in [-0.39, 0.29) is 18.3 Å². The van der Waals surface area contributed by atoms with Crippen molar-refractivity contribution in [2.45, 2.75) is 34.6 Å². The van der Waals surface area contributed by atoms with Gasteiger partial charge in [-0.2, -0.15) is 0 Å². The highest BCUT2D eigenvalue weighted by molar-refractivity contribution is 6.07. The quantitative estimate of drug-likeness (QED) is 0.641. The number of pyridine rings is 2. The minimum Gasteiger partial charge on any atom is -0.354 e. The second-order valence-electron chi connectivity index (χ2n) is 6.79. The van der Waals surface area contributed by atoms with Crippen molar-refractivity contribution < 1.29 is 4.79 Å². The highest BCUT2D eigenvalue weighted by Crippen LogP contribution is 2.31. The van der Waals surface area contributed by atoms with Crippen molar-refractivity contribution in [1.82, 2.24) is 14.9 Å². The summed E-state index contributed by atoms with van der Waals surface area (Å²) in [5, 5.41) is 4.35. The van der Waals surface area contributed by atoms with Crippen LogP contribution in [0.4, 0.5) is 11.4 Å². The summed E-state index contributed by atoms with van der Waals surface area (Å²) in [5.41, 5.74) is 6.13. The molecule has 2 aromatic heterocycles. The summed E-state index contributed by atoms with van der Waals surface area (Å²) in [4.78, 5) is 23.9. The van der Waals surface area contributed by atoms with Crippen molar-refractivity contribution >= 4 is 40.7 Å². The van der Waals surface area contributed by atoms with Crippen molar-refractivity contribution in [3.63, 3.8) is 0 Å². The first kappa shape index (κ1) is 21.6. The third-order valence-corrected chi connectivity index (χ3v) is 4.80. The van der Waals surface area contributed by atoms with Crippen LogP contribution in [0, 0.1) is 20.8 Å². The SMILES string of the molecule is CCN(CC)C(=O)c1cnc2nc(C)ccc2c1Nc1cc(C)ccc1C.Cl. The van der Waals surface area contributed by atoms with E-state index >= 15 is 0 Å². The zero-order valence-electron chi connectivity index (χ0n) is 17.0. The third kappa shape index (κ3) is 4.25. The average Bonchev–Trinajstić information content (AvgIpc) is 2.65. The fourth-order valence-electron chi connectivity index (χ4n) is 3.16. The molecule has 0 aliphatic heterocycles. The summed E-state index contributed by atoms with van der Waals surface area (Å²) in [6.45, 7) is 11.3. The molecule has 3 rings (SSSR count). The molecule has 0 atom stereocenters. The van der Waals surface area contributed by atoms with Gasteiger partial charge in [0.2, 0.25) is 0 Å². The van der Waals surface area contributed by atoms with E-state index in [4.69, 9.17) is 0 Å². The predicted octanol–water partition coefficient (Wildman–Crippen LogP) is 5.20. The minimum atomic E-state index is -0.0252. The highest BCUT2D eigenvalue weighted by atomic mass is 35.5. The van der Waals surface area contributed by atoms with Crippen LogP contribution in [0.3, 0.4) is 0 Å². The van der Waals surface area contributed by atoms with E-state index in [9.17, 15) is 4.79 Å². The van der Waals surface area contributed by atoms with Crippen LogP contribution in [-0.2, 0) is 0 Å². The lowest BCUT2D eigenvalue weighted by molar-refractivity contribution is 0.0774. The first-order chi connectivity index (χ1) is 12.9. The van der Waals surface area contributed by atoms with Crippen LogP contribution in [0.2, 0.25) is 0 Å². The number of halogens is 1. The average molecular weight is 399 g/mol. The monoisotopic (exact) mass is 398 g/mol. The van der Waals surface area contributed by atoms with E-state index in [1.54, 1.807) is 11.1 Å². The van der Waals surface area contributed by atoms with Gasteiger partial charge in [0.05, 0.1) is 11.3 Å². The largest absolute Gasteiger partial charge is 0.354 e. The number of nitrogens with one attached hydrogen (secondary N) is 1. The molecule has 1 aromatic carbocycles. The molecule has 0 radical (unpaired) electrons. The molecule has 3 aromatic rings. The number of carbonyl (C=O) groups is 1. The first-order valence-electron chi connectivity index (χ1n) is 9.34. The van der Waals surface area contributed by atoms with Crippen LogP contribution in [0.5, 0.6) is 0 Å². The fourth-order valence-corrected chi connectivity index (χ4v) is 3.16. The van der Waals surface area contributed by atoms with Gasteiger partial charge in [0.1, 0.15) is 0 Å². The Bertz CT molecular complexity index is 999. The number of rotatable bonds is 5. The van der Waals surface area contributed by atoms with Crippen molar-refractivity contribution in [3.8, 4) is 0 Å². The molecule has 2 heterocycles. The molecular weight excluding hydrogens is 372 g/mol. The van der Waals surface area contributed by atoms with Crippen LogP contribution in [0.1, 0.15) is 41.0 Å². The van der Waals surface area contributed by atoms with Gasteiger partial charge in [0.15, 0.2) is 5.65 Å². The summed E-state index contributed by atoms with van der Waals surface area (Å²) in [6, 6.07) is 10.2. The summed E-state index contributed by atoms with van der Waals surface area (Å²) < 4.78 is 0. The third-order valence-electron chi connectivity index (χ3n) is 4.80. The van der Waals surface area contributed by atoms with Crippen LogP contribution in [0.15, 0.2) is 36.5 Å². The Hall–Kier alpha value is -2.66. The Labute approximate surface area is 172 Å². The number of aryl methyl sites for hydroxylation is 3. The standard InChI is InChI=1S/C22H26N4O.ClH/c1-6-26(7-2)22(27)18-13-23-21-17(11-10-16(5)24-21)20(18)25-19-12-14(3)8-9-15(19)4;/h8-13H,6-7H2,1-5H3,(H,23,24,25);1H. The topological polar surface area (TPSA) is 58.1 Å². The van der Waals surface area contributed by atoms with Crippen molar-refractivity contribution in [3.05, 3.63) is 58.9 Å². The number of benzene rings is 1. The molecule has 0 fully saturated rings. The molecule has 5 nitrogen and oxygen atoms in total. The summed E-state index contributed by atoms with van der Waals surface area (Å²) in [7, 11) is 0. The van der Waals surface area contributed by atoms with Gasteiger partial charge in [0, 0.05) is 36.1 Å². The molecule has 1 amide bonds. The molecule has 0 aliphatic rings. The Morgan fingerprint density at radius 3 is 2.46 bits per heavy atom. The molecule has 148 valence electrons. The first-order valence-corrected chi connectivity index (χ1v) is 9.34. The van der Waals surface area contributed by atoms with E-state index in [2.05, 4.69) is 47.3 Å². The maximum atomic E-state index is 13.1. The molecule has 1 N–H and O–H groups in total. The van der Waals surface area contributed by atoms with Gasteiger partial charge in [0.25, 0.3) is 5.91 Å². The number of aromatic nitrogens is 2. The molecule has 0 aliphatic carbocycles. The number of nitrogens with zero attached hydrogens (tertiary/aromatic N) is 3. The summed E-state index contributed by atoms with van der Waals surface area (Å²) in [5.74, 6) is -0.0252. The summed E-state index contributed by atoms with van der Waals surface area (Å²) >= 11 is 0. The van der Waals surface area contributed by atoms with Gasteiger partial charge in [-0.3, -0.25) is 4.79 Å². The molecule has 0 saturated carbocycles. The highest BCUT2D eigenvalue weighted by Gasteiger charge is 2.20. The number of hydrogen-bond donors (Lipinski definition) is 1. The molecular formula is C22H27ClN4O. The summed E-state index contributed by atoms with van der Waals surface area (Å²) in [6.07, 6.45) is 1.64. The van der Waals surface area contributed by atoms with E-state index in [0.29, 0.717) is 24.3 Å². The smallest absolute Gasteiger partial charge is 0.257 e. The molecule has 0 bridgehead atoms. The van der Waals surface area contributed by atoms with E-state index in [1.165, 1.54) is 0 Å². The van der Waals surface area contributed by atoms with Crippen molar-refractivity contribution in [2.24, 2.45) is 0 Å². The normalized spacial score (nSPS) is 10.5. The van der Waals surface area contributed by atoms with Gasteiger partial charge in [-0.15, -0.1) is 12.4 Å². The Morgan fingerprint density at radius 1 is 1.07 bits per heavy atom. The van der Waals surface area contributed by atoms with Gasteiger partial charge >= 0.3 is 0 Å². The van der Waals surface area contributed by atoms with Crippen molar-refractivity contribution in [2.75, 3.05) is 18.4 Å². The van der Waals surface area contributed by atoms with Crippen molar-refractivity contribution in [1.29, 1.82) is 0 Å². The minimum absolute atomic E-state index is 0. The van der Waals surface area contributed by atoms with Crippen LogP contribution >= 0.6 is 12.4 Å². The maximum Gasteiger partial charge on any atom is 0.257 e. The lowest BCUT2D eigenvalue weighted by Crippen LogP contribution is -2.31. The Morgan fingerprint density at radius 2 is 1.79 bits per heavy atom. The van der Waals surface area contributed by atoms with E-state index in [1.807, 2.05) is 32.9 Å². The Kier molecular flexibility index (Phi) is 6.97. The number of carbonyl (C=O) groups excluding carboxylic acids is 1. The molecule has 28 heavy (non-hydrogen) atoms. The number of amides is 1. The second kappa shape index (κ2) is 9.02. The second-order valence-corrected chi connectivity index (χ2v) is 6.79.